The van der Waals surface area contributed by atoms with Crippen LogP contribution in [0, 0.1) is 0 Å². The summed E-state index contributed by atoms with van der Waals surface area (Å²) in [5.74, 6) is -0.298. The average Bonchev–Trinajstić information content (AvgIpc) is 3.10. The van der Waals surface area contributed by atoms with Crippen molar-refractivity contribution in [3.63, 3.8) is 0 Å². The lowest BCUT2D eigenvalue weighted by molar-refractivity contribution is 0.0889. The van der Waals surface area contributed by atoms with Crippen LogP contribution in [0.3, 0.4) is 0 Å². The van der Waals surface area contributed by atoms with Crippen LogP contribution < -0.4 is 11.1 Å². The Labute approximate surface area is 175 Å². The number of anilines is 1. The quantitative estimate of drug-likeness (QED) is 0.671. The Balaban J connectivity index is 1.66. The molecule has 0 atom stereocenters. The molecule has 2 aromatic heterocycles. The second-order valence-corrected chi connectivity index (χ2v) is 8.40. The van der Waals surface area contributed by atoms with Gasteiger partial charge in [-0.15, -0.1) is 0 Å². The third-order valence-corrected chi connectivity index (χ3v) is 6.46. The monoisotopic (exact) mass is 402 g/mol. The number of amides is 1. The van der Waals surface area contributed by atoms with Gasteiger partial charge in [-0.2, -0.15) is 0 Å². The highest BCUT2D eigenvalue weighted by Crippen LogP contribution is 2.39. The molecule has 1 saturated carbocycles. The molecule has 1 aliphatic carbocycles. The molecule has 0 unspecified atom stereocenters. The summed E-state index contributed by atoms with van der Waals surface area (Å²) in [6.07, 6.45) is 11.7. The third-order valence-electron chi connectivity index (χ3n) is 6.46. The Hall–Kier alpha value is -3.15. The summed E-state index contributed by atoms with van der Waals surface area (Å²) < 4.78 is 1.85. The summed E-state index contributed by atoms with van der Waals surface area (Å²) in [5.41, 5.74) is 10.9. The maximum absolute atomic E-state index is 12.7. The van der Waals surface area contributed by atoms with Gasteiger partial charge in [-0.3, -0.25) is 19.1 Å². The van der Waals surface area contributed by atoms with Gasteiger partial charge in [0.15, 0.2) is 0 Å². The van der Waals surface area contributed by atoms with Crippen LogP contribution in [0.25, 0.3) is 22.0 Å². The molecule has 6 heteroatoms. The maximum atomic E-state index is 12.7. The molecule has 0 radical (unpaired) electrons. The molecule has 154 valence electrons. The van der Waals surface area contributed by atoms with Crippen molar-refractivity contribution in [3.8, 4) is 11.1 Å². The lowest BCUT2D eigenvalue weighted by atomic mass is 9.93. The van der Waals surface area contributed by atoms with E-state index in [1.165, 1.54) is 19.3 Å². The number of fused-ring (bicyclic) bond motifs is 3. The highest BCUT2D eigenvalue weighted by molar-refractivity contribution is 6.05. The van der Waals surface area contributed by atoms with Gasteiger partial charge in [0.1, 0.15) is 0 Å². The Morgan fingerprint density at radius 1 is 1.10 bits per heavy atom. The number of nitrogens with one attached hydrogen (secondary N) is 1. The van der Waals surface area contributed by atoms with Crippen LogP contribution in [-0.2, 0) is 6.42 Å². The first-order valence-electron chi connectivity index (χ1n) is 10.8. The van der Waals surface area contributed by atoms with E-state index in [1.807, 2.05) is 29.0 Å². The fourth-order valence-corrected chi connectivity index (χ4v) is 5.05. The van der Waals surface area contributed by atoms with E-state index in [9.17, 15) is 9.59 Å². The summed E-state index contributed by atoms with van der Waals surface area (Å²) in [7, 11) is 0. The molecule has 0 spiro atoms. The van der Waals surface area contributed by atoms with Crippen molar-refractivity contribution < 1.29 is 9.59 Å². The fourth-order valence-electron chi connectivity index (χ4n) is 5.05. The number of primary amides is 1. The number of hydrogen-bond acceptors (Lipinski definition) is 4. The molecule has 0 saturated heterocycles. The SMILES string of the molecule is NC(=O)c1ccc(-c2c3n(c4ccncc24)C(=O)CCC3)cc1NC1CCCCC1. The molecule has 1 aromatic carbocycles. The molecule has 3 heterocycles. The first-order chi connectivity index (χ1) is 14.6. The zero-order valence-corrected chi connectivity index (χ0v) is 17.0. The minimum Gasteiger partial charge on any atom is -0.382 e. The second-order valence-electron chi connectivity index (χ2n) is 8.40. The highest BCUT2D eigenvalue weighted by Gasteiger charge is 2.26. The van der Waals surface area contributed by atoms with Crippen LogP contribution in [0.1, 0.15) is 65.8 Å². The third kappa shape index (κ3) is 3.16. The zero-order chi connectivity index (χ0) is 20.7. The molecule has 5 rings (SSSR count). The molecule has 6 nitrogen and oxygen atoms in total. The average molecular weight is 402 g/mol. The van der Waals surface area contributed by atoms with Crippen molar-refractivity contribution >= 4 is 28.4 Å². The lowest BCUT2D eigenvalue weighted by Crippen LogP contribution is -2.24. The van der Waals surface area contributed by atoms with Gasteiger partial charge in [0.2, 0.25) is 5.91 Å². The molecule has 0 bridgehead atoms. The van der Waals surface area contributed by atoms with E-state index in [4.69, 9.17) is 5.73 Å². The molecular formula is C24H26N4O2. The Kier molecular flexibility index (Phi) is 4.77. The molecule has 3 aromatic rings. The summed E-state index contributed by atoms with van der Waals surface area (Å²) in [6, 6.07) is 8.03. The van der Waals surface area contributed by atoms with E-state index in [2.05, 4.69) is 10.3 Å². The predicted octanol–water partition coefficient (Wildman–Crippen LogP) is 4.52. The first kappa shape index (κ1) is 18.9. The predicted molar refractivity (Wildman–Crippen MR) is 118 cm³/mol. The summed E-state index contributed by atoms with van der Waals surface area (Å²) in [6.45, 7) is 0. The van der Waals surface area contributed by atoms with Crippen LogP contribution in [0.5, 0.6) is 0 Å². The maximum Gasteiger partial charge on any atom is 0.250 e. The Morgan fingerprint density at radius 2 is 1.93 bits per heavy atom. The van der Waals surface area contributed by atoms with Crippen molar-refractivity contribution in [2.45, 2.75) is 57.4 Å². The van der Waals surface area contributed by atoms with Gasteiger partial charge in [0.25, 0.3) is 5.91 Å². The van der Waals surface area contributed by atoms with E-state index >= 15 is 0 Å². The van der Waals surface area contributed by atoms with Gasteiger partial charge in [0.05, 0.1) is 11.1 Å². The molecule has 2 aliphatic rings. The van der Waals surface area contributed by atoms with Crippen molar-refractivity contribution in [2.75, 3.05) is 5.32 Å². The van der Waals surface area contributed by atoms with Crippen LogP contribution in [-0.4, -0.2) is 27.4 Å². The van der Waals surface area contributed by atoms with Gasteiger partial charge in [-0.05, 0) is 49.4 Å². The molecular weight excluding hydrogens is 376 g/mol. The summed E-state index contributed by atoms with van der Waals surface area (Å²) in [5, 5.41) is 4.55. The zero-order valence-electron chi connectivity index (χ0n) is 17.0. The largest absolute Gasteiger partial charge is 0.382 e. The van der Waals surface area contributed by atoms with Crippen molar-refractivity contribution in [3.05, 3.63) is 47.9 Å². The van der Waals surface area contributed by atoms with Crippen molar-refractivity contribution in [1.82, 2.24) is 9.55 Å². The lowest BCUT2D eigenvalue weighted by Gasteiger charge is -2.25. The topological polar surface area (TPSA) is 90.0 Å². The number of aromatic nitrogens is 2. The normalized spacial score (nSPS) is 17.1. The number of benzene rings is 1. The van der Waals surface area contributed by atoms with Gasteiger partial charge in [-0.1, -0.05) is 25.3 Å². The smallest absolute Gasteiger partial charge is 0.250 e. The number of rotatable bonds is 4. The van der Waals surface area contributed by atoms with Crippen LogP contribution in [0.15, 0.2) is 36.7 Å². The van der Waals surface area contributed by atoms with Gasteiger partial charge < -0.3 is 11.1 Å². The minimum absolute atomic E-state index is 0.132. The van der Waals surface area contributed by atoms with Crippen molar-refractivity contribution in [2.24, 2.45) is 5.73 Å². The number of carbonyl (C=O) groups excluding carboxylic acids is 2. The van der Waals surface area contributed by atoms with Crippen LogP contribution >= 0.6 is 0 Å². The summed E-state index contributed by atoms with van der Waals surface area (Å²) >= 11 is 0. The molecule has 3 N–H and O–H groups in total. The second kappa shape index (κ2) is 7.59. The van der Waals surface area contributed by atoms with Crippen molar-refractivity contribution in [1.29, 1.82) is 0 Å². The number of carbonyl (C=O) groups is 2. The molecule has 1 fully saturated rings. The number of nitrogens with zero attached hydrogens (tertiary/aromatic N) is 2. The van der Waals surface area contributed by atoms with Gasteiger partial charge >= 0.3 is 0 Å². The molecule has 1 amide bonds. The number of pyridine rings is 1. The van der Waals surface area contributed by atoms with E-state index in [-0.39, 0.29) is 5.91 Å². The minimum atomic E-state index is -0.430. The number of hydrogen-bond donors (Lipinski definition) is 2. The van der Waals surface area contributed by atoms with E-state index < -0.39 is 5.91 Å². The van der Waals surface area contributed by atoms with Crippen LogP contribution in [0.4, 0.5) is 5.69 Å². The van der Waals surface area contributed by atoms with Gasteiger partial charge in [-0.25, -0.2) is 0 Å². The highest BCUT2D eigenvalue weighted by atomic mass is 16.2. The standard InChI is InChI=1S/C24H26N4O2/c25-24(30)17-10-9-15(13-19(17)27-16-5-2-1-3-6-16)23-18-14-26-12-11-20(18)28-21(23)7-4-8-22(28)29/h9-14,16,27H,1-8H2,(H2,25,30). The van der Waals surface area contributed by atoms with E-state index in [0.29, 0.717) is 18.0 Å². The first-order valence-corrected chi connectivity index (χ1v) is 10.8. The Morgan fingerprint density at radius 3 is 2.73 bits per heavy atom. The fraction of sp³-hybridized carbons (Fsp3) is 0.375. The molecule has 30 heavy (non-hydrogen) atoms. The summed E-state index contributed by atoms with van der Waals surface area (Å²) in [4.78, 5) is 29.1. The Bertz CT molecular complexity index is 1140. The van der Waals surface area contributed by atoms with E-state index in [0.717, 1.165) is 59.1 Å². The van der Waals surface area contributed by atoms with E-state index in [1.54, 1.807) is 12.3 Å². The number of nitrogens with two attached hydrogens (primary N) is 1. The molecule has 1 aliphatic heterocycles. The van der Waals surface area contributed by atoms with Gasteiger partial charge in [0, 0.05) is 47.2 Å². The van der Waals surface area contributed by atoms with Crippen LogP contribution in [0.2, 0.25) is 0 Å².